The van der Waals surface area contributed by atoms with E-state index in [1.807, 2.05) is 0 Å². The van der Waals surface area contributed by atoms with Gasteiger partial charge in [-0.3, -0.25) is 4.79 Å². The Labute approximate surface area is 129 Å². The summed E-state index contributed by atoms with van der Waals surface area (Å²) in [6.07, 6.45) is 0.249. The highest BCUT2D eigenvalue weighted by molar-refractivity contribution is 9.10. The van der Waals surface area contributed by atoms with Gasteiger partial charge in [-0.25, -0.2) is 9.37 Å². The standard InChI is InChI=1S/C14H11BrClFN2O/c15-10(8-9-4-1-2-5-11(9)17)14(20)19-13-7-3-6-12(16)18-13/h1-7,10H,8H2,(H,18,19,20). The SMILES string of the molecule is O=C(Nc1cccc(Cl)n1)C(Br)Cc1ccccc1F. The number of pyridine rings is 1. The Morgan fingerprint density at radius 2 is 2.05 bits per heavy atom. The second-order valence-corrected chi connectivity index (χ2v) is 5.59. The van der Waals surface area contributed by atoms with E-state index in [-0.39, 0.29) is 18.1 Å². The summed E-state index contributed by atoms with van der Waals surface area (Å²) in [6, 6.07) is 11.3. The molecule has 1 unspecified atom stereocenters. The van der Waals surface area contributed by atoms with Crippen molar-refractivity contribution >= 4 is 39.3 Å². The summed E-state index contributed by atoms with van der Waals surface area (Å²) in [7, 11) is 0. The smallest absolute Gasteiger partial charge is 0.239 e. The van der Waals surface area contributed by atoms with Gasteiger partial charge in [0.05, 0.1) is 4.83 Å². The molecule has 0 saturated heterocycles. The van der Waals surface area contributed by atoms with Crippen LogP contribution < -0.4 is 5.32 Å². The number of alkyl halides is 1. The van der Waals surface area contributed by atoms with Gasteiger partial charge in [-0.05, 0) is 30.2 Å². The molecule has 3 nitrogen and oxygen atoms in total. The fourth-order valence-corrected chi connectivity index (χ4v) is 2.26. The van der Waals surface area contributed by atoms with Gasteiger partial charge in [0.25, 0.3) is 0 Å². The number of carbonyl (C=O) groups excluding carboxylic acids is 1. The van der Waals surface area contributed by atoms with Gasteiger partial charge < -0.3 is 5.32 Å². The molecule has 1 aromatic heterocycles. The van der Waals surface area contributed by atoms with Crippen LogP contribution in [0.4, 0.5) is 10.2 Å². The van der Waals surface area contributed by atoms with E-state index in [0.29, 0.717) is 16.5 Å². The Bertz CT molecular complexity index is 624. The maximum Gasteiger partial charge on any atom is 0.239 e. The third-order valence-corrected chi connectivity index (χ3v) is 3.56. The quantitative estimate of drug-likeness (QED) is 0.668. The van der Waals surface area contributed by atoms with Gasteiger partial charge in [-0.15, -0.1) is 0 Å². The van der Waals surface area contributed by atoms with Crippen molar-refractivity contribution in [1.29, 1.82) is 0 Å². The molecule has 6 heteroatoms. The molecular weight excluding hydrogens is 347 g/mol. The second-order valence-electron chi connectivity index (χ2n) is 4.10. The summed E-state index contributed by atoms with van der Waals surface area (Å²) in [5.74, 6) is -0.269. The van der Waals surface area contributed by atoms with Crippen LogP contribution in [0.5, 0.6) is 0 Å². The Morgan fingerprint density at radius 3 is 2.75 bits per heavy atom. The lowest BCUT2D eigenvalue weighted by Crippen LogP contribution is -2.25. The van der Waals surface area contributed by atoms with Crippen LogP contribution in [0.1, 0.15) is 5.56 Å². The molecule has 0 aliphatic carbocycles. The van der Waals surface area contributed by atoms with Gasteiger partial charge in [-0.1, -0.05) is 51.8 Å². The minimum absolute atomic E-state index is 0.249. The highest BCUT2D eigenvalue weighted by Gasteiger charge is 2.17. The fourth-order valence-electron chi connectivity index (χ4n) is 1.63. The molecule has 0 spiro atoms. The molecule has 0 fully saturated rings. The van der Waals surface area contributed by atoms with Gasteiger partial charge in [-0.2, -0.15) is 0 Å². The Balaban J connectivity index is 2.01. The third-order valence-electron chi connectivity index (χ3n) is 2.61. The Morgan fingerprint density at radius 1 is 1.30 bits per heavy atom. The molecule has 0 aliphatic rings. The number of amides is 1. The van der Waals surface area contributed by atoms with Crippen molar-refractivity contribution in [3.05, 3.63) is 59.0 Å². The lowest BCUT2D eigenvalue weighted by molar-refractivity contribution is -0.115. The first-order chi connectivity index (χ1) is 9.56. The number of halogens is 3. The zero-order valence-electron chi connectivity index (χ0n) is 10.3. The number of anilines is 1. The molecule has 0 radical (unpaired) electrons. The zero-order valence-corrected chi connectivity index (χ0v) is 12.7. The van der Waals surface area contributed by atoms with E-state index in [2.05, 4.69) is 26.2 Å². The van der Waals surface area contributed by atoms with Crippen molar-refractivity contribution in [2.45, 2.75) is 11.2 Å². The molecule has 1 atom stereocenters. The maximum absolute atomic E-state index is 13.5. The van der Waals surface area contributed by atoms with E-state index in [0.717, 1.165) is 0 Å². The van der Waals surface area contributed by atoms with Crippen LogP contribution >= 0.6 is 27.5 Å². The molecule has 104 valence electrons. The Hall–Kier alpha value is -1.46. The molecule has 2 aromatic rings. The van der Waals surface area contributed by atoms with E-state index in [1.165, 1.54) is 6.07 Å². The molecule has 20 heavy (non-hydrogen) atoms. The number of nitrogens with zero attached hydrogens (tertiary/aromatic N) is 1. The minimum atomic E-state index is -0.555. The van der Waals surface area contributed by atoms with Crippen LogP contribution in [0.15, 0.2) is 42.5 Å². The number of nitrogens with one attached hydrogen (secondary N) is 1. The predicted octanol–water partition coefficient (Wildman–Crippen LogP) is 3.82. The van der Waals surface area contributed by atoms with Crippen LogP contribution in [0.3, 0.4) is 0 Å². The lowest BCUT2D eigenvalue weighted by Gasteiger charge is -2.11. The summed E-state index contributed by atoms with van der Waals surface area (Å²) >= 11 is 8.99. The normalized spacial score (nSPS) is 11.9. The largest absolute Gasteiger partial charge is 0.310 e. The van der Waals surface area contributed by atoms with E-state index in [4.69, 9.17) is 11.6 Å². The molecule has 2 rings (SSSR count). The van der Waals surface area contributed by atoms with Crippen molar-refractivity contribution < 1.29 is 9.18 Å². The van der Waals surface area contributed by atoms with Crippen molar-refractivity contribution in [3.63, 3.8) is 0 Å². The first-order valence-electron chi connectivity index (χ1n) is 5.87. The summed E-state index contributed by atoms with van der Waals surface area (Å²) in [6.45, 7) is 0. The van der Waals surface area contributed by atoms with Crippen molar-refractivity contribution in [1.82, 2.24) is 4.98 Å². The van der Waals surface area contributed by atoms with Crippen molar-refractivity contribution in [2.75, 3.05) is 5.32 Å². The van der Waals surface area contributed by atoms with Crippen molar-refractivity contribution in [2.24, 2.45) is 0 Å². The highest BCUT2D eigenvalue weighted by Crippen LogP contribution is 2.16. The summed E-state index contributed by atoms with van der Waals surface area (Å²) in [4.78, 5) is 15.4. The fraction of sp³-hybridized carbons (Fsp3) is 0.143. The zero-order chi connectivity index (χ0) is 14.5. The van der Waals surface area contributed by atoms with E-state index >= 15 is 0 Å². The number of hydrogen-bond acceptors (Lipinski definition) is 2. The average Bonchev–Trinajstić information content (AvgIpc) is 2.41. The van der Waals surface area contributed by atoms with Gasteiger partial charge in [0.15, 0.2) is 0 Å². The number of benzene rings is 1. The van der Waals surface area contributed by atoms with Gasteiger partial charge in [0, 0.05) is 0 Å². The molecule has 1 amide bonds. The van der Waals surface area contributed by atoms with Crippen LogP contribution in [0.25, 0.3) is 0 Å². The van der Waals surface area contributed by atoms with Gasteiger partial charge >= 0.3 is 0 Å². The minimum Gasteiger partial charge on any atom is -0.310 e. The first-order valence-corrected chi connectivity index (χ1v) is 7.16. The molecule has 0 aliphatic heterocycles. The molecular formula is C14H11BrClFN2O. The first kappa shape index (κ1) is 14.9. The predicted molar refractivity (Wildman–Crippen MR) is 80.7 cm³/mol. The van der Waals surface area contributed by atoms with Crippen LogP contribution in [-0.4, -0.2) is 15.7 Å². The number of aromatic nitrogens is 1. The summed E-state index contributed by atoms with van der Waals surface area (Å²) < 4.78 is 13.5. The van der Waals surface area contributed by atoms with E-state index in [9.17, 15) is 9.18 Å². The van der Waals surface area contributed by atoms with E-state index in [1.54, 1.807) is 36.4 Å². The average molecular weight is 358 g/mol. The van der Waals surface area contributed by atoms with Crippen LogP contribution in [-0.2, 0) is 11.2 Å². The number of hydrogen-bond donors (Lipinski definition) is 1. The van der Waals surface area contributed by atoms with Gasteiger partial charge in [0.2, 0.25) is 5.91 Å². The summed E-state index contributed by atoms with van der Waals surface area (Å²) in [5, 5.41) is 2.91. The second kappa shape index (κ2) is 6.81. The highest BCUT2D eigenvalue weighted by atomic mass is 79.9. The topological polar surface area (TPSA) is 42.0 Å². The van der Waals surface area contributed by atoms with Gasteiger partial charge in [0.1, 0.15) is 16.8 Å². The molecule has 1 N–H and O–H groups in total. The lowest BCUT2D eigenvalue weighted by atomic mass is 10.1. The monoisotopic (exact) mass is 356 g/mol. The van der Waals surface area contributed by atoms with E-state index < -0.39 is 4.83 Å². The molecule has 0 saturated carbocycles. The van der Waals surface area contributed by atoms with Crippen LogP contribution in [0.2, 0.25) is 5.15 Å². The van der Waals surface area contributed by atoms with Crippen LogP contribution in [0, 0.1) is 5.82 Å². The summed E-state index contributed by atoms with van der Waals surface area (Å²) in [5.41, 5.74) is 0.476. The third kappa shape index (κ3) is 4.02. The maximum atomic E-state index is 13.5. The molecule has 1 heterocycles. The molecule has 0 bridgehead atoms. The number of rotatable bonds is 4. The molecule has 1 aromatic carbocycles. The Kier molecular flexibility index (Phi) is 5.09. The number of carbonyl (C=O) groups is 1. The van der Waals surface area contributed by atoms with Crippen molar-refractivity contribution in [3.8, 4) is 0 Å².